The standard InChI is InChI=1S/C17H24F3N3O2.ClH/c18-17(19,20)25-15-6-4-13(5-7-15)12-23-10-2-1-3-14(23)11-22-16(24)8-9-21;/h4-7,14H,1-3,8-12,21H2,(H,22,24);1H. The van der Waals surface area contributed by atoms with E-state index in [1.54, 1.807) is 12.1 Å². The van der Waals surface area contributed by atoms with Gasteiger partial charge in [0.05, 0.1) is 0 Å². The number of likely N-dealkylation sites (tertiary alicyclic amines) is 1. The molecule has 1 aliphatic rings. The number of hydrogen-bond acceptors (Lipinski definition) is 4. The molecule has 1 unspecified atom stereocenters. The van der Waals surface area contributed by atoms with Crippen LogP contribution in [0.1, 0.15) is 31.2 Å². The second-order valence-corrected chi connectivity index (χ2v) is 6.15. The molecular weight excluding hydrogens is 371 g/mol. The van der Waals surface area contributed by atoms with E-state index < -0.39 is 6.36 Å². The van der Waals surface area contributed by atoms with Crippen LogP contribution in [0.25, 0.3) is 0 Å². The van der Waals surface area contributed by atoms with Crippen molar-refractivity contribution in [2.24, 2.45) is 5.73 Å². The predicted molar refractivity (Wildman–Crippen MR) is 95.1 cm³/mol. The van der Waals surface area contributed by atoms with E-state index in [9.17, 15) is 18.0 Å². The molecular formula is C17H25ClF3N3O2. The summed E-state index contributed by atoms with van der Waals surface area (Å²) in [6.45, 7) is 2.42. The fraction of sp³-hybridized carbons (Fsp3) is 0.588. The molecule has 1 saturated heterocycles. The van der Waals surface area contributed by atoms with Gasteiger partial charge in [0.15, 0.2) is 0 Å². The number of alkyl halides is 3. The quantitative estimate of drug-likeness (QED) is 0.745. The summed E-state index contributed by atoms with van der Waals surface area (Å²) in [4.78, 5) is 13.8. The van der Waals surface area contributed by atoms with E-state index in [1.807, 2.05) is 0 Å². The summed E-state index contributed by atoms with van der Waals surface area (Å²) in [7, 11) is 0. The first-order valence-electron chi connectivity index (χ1n) is 8.43. The molecule has 9 heteroatoms. The normalized spacial score (nSPS) is 18.1. The largest absolute Gasteiger partial charge is 0.573 e. The van der Waals surface area contributed by atoms with Crippen LogP contribution in [0.15, 0.2) is 24.3 Å². The Morgan fingerprint density at radius 2 is 1.96 bits per heavy atom. The van der Waals surface area contributed by atoms with Crippen LogP contribution in [-0.4, -0.2) is 42.8 Å². The van der Waals surface area contributed by atoms with Crippen LogP contribution in [0.2, 0.25) is 0 Å². The van der Waals surface area contributed by atoms with Crippen molar-refractivity contribution < 1.29 is 22.7 Å². The Labute approximate surface area is 157 Å². The molecule has 5 nitrogen and oxygen atoms in total. The predicted octanol–water partition coefficient (Wildman–Crippen LogP) is 2.83. The highest BCUT2D eigenvalue weighted by Crippen LogP contribution is 2.24. The van der Waals surface area contributed by atoms with E-state index in [0.717, 1.165) is 31.4 Å². The summed E-state index contributed by atoms with van der Waals surface area (Å²) in [5.41, 5.74) is 6.28. The van der Waals surface area contributed by atoms with E-state index in [0.29, 0.717) is 26.1 Å². The number of piperidine rings is 1. The summed E-state index contributed by atoms with van der Waals surface area (Å²) in [5, 5.41) is 2.90. The minimum atomic E-state index is -4.68. The van der Waals surface area contributed by atoms with E-state index >= 15 is 0 Å². The average molecular weight is 396 g/mol. The molecule has 1 heterocycles. The lowest BCUT2D eigenvalue weighted by atomic mass is 10.0. The molecule has 0 aliphatic carbocycles. The highest BCUT2D eigenvalue weighted by Gasteiger charge is 2.31. The summed E-state index contributed by atoms with van der Waals surface area (Å²) >= 11 is 0. The van der Waals surface area contributed by atoms with Gasteiger partial charge >= 0.3 is 6.36 Å². The maximum Gasteiger partial charge on any atom is 0.573 e. The zero-order valence-electron chi connectivity index (χ0n) is 14.4. The van der Waals surface area contributed by atoms with Gasteiger partial charge in [0.25, 0.3) is 0 Å². The van der Waals surface area contributed by atoms with Gasteiger partial charge < -0.3 is 15.8 Å². The number of halogens is 4. The van der Waals surface area contributed by atoms with Gasteiger partial charge in [-0.25, -0.2) is 0 Å². The molecule has 0 aromatic heterocycles. The number of carbonyl (C=O) groups excluding carboxylic acids is 1. The molecule has 1 aliphatic heterocycles. The van der Waals surface area contributed by atoms with Gasteiger partial charge in [0, 0.05) is 32.1 Å². The molecule has 26 heavy (non-hydrogen) atoms. The Morgan fingerprint density at radius 1 is 1.27 bits per heavy atom. The zero-order chi connectivity index (χ0) is 18.3. The van der Waals surface area contributed by atoms with Crippen molar-refractivity contribution in [3.63, 3.8) is 0 Å². The molecule has 148 valence electrons. The van der Waals surface area contributed by atoms with Gasteiger partial charge in [-0.3, -0.25) is 9.69 Å². The van der Waals surface area contributed by atoms with Crippen molar-refractivity contribution in [2.75, 3.05) is 19.6 Å². The number of rotatable bonds is 7. The minimum absolute atomic E-state index is 0. The molecule has 0 radical (unpaired) electrons. The molecule has 0 spiro atoms. The number of nitrogens with two attached hydrogens (primary N) is 1. The average Bonchev–Trinajstić information content (AvgIpc) is 2.55. The van der Waals surface area contributed by atoms with E-state index in [-0.39, 0.29) is 30.1 Å². The summed E-state index contributed by atoms with van der Waals surface area (Å²) < 4.78 is 40.5. The lowest BCUT2D eigenvalue weighted by Crippen LogP contribution is -2.46. The number of carbonyl (C=O) groups is 1. The summed E-state index contributed by atoms with van der Waals surface area (Å²) in [6.07, 6.45) is -1.21. The van der Waals surface area contributed by atoms with Crippen molar-refractivity contribution in [1.29, 1.82) is 0 Å². The number of ether oxygens (including phenoxy) is 1. The monoisotopic (exact) mass is 395 g/mol. The van der Waals surface area contributed by atoms with E-state index in [2.05, 4.69) is 15.0 Å². The Hall–Kier alpha value is -1.51. The van der Waals surface area contributed by atoms with Gasteiger partial charge in [-0.1, -0.05) is 18.6 Å². The van der Waals surface area contributed by atoms with Crippen LogP contribution in [0.3, 0.4) is 0 Å². The van der Waals surface area contributed by atoms with Crippen molar-refractivity contribution in [3.8, 4) is 5.75 Å². The first kappa shape index (κ1) is 22.5. The van der Waals surface area contributed by atoms with Gasteiger partial charge in [0.2, 0.25) is 5.91 Å². The van der Waals surface area contributed by atoms with Crippen molar-refractivity contribution in [1.82, 2.24) is 10.2 Å². The van der Waals surface area contributed by atoms with Crippen LogP contribution in [0.5, 0.6) is 5.75 Å². The molecule has 1 aromatic rings. The lowest BCUT2D eigenvalue weighted by molar-refractivity contribution is -0.274. The number of nitrogens with zero attached hydrogens (tertiary/aromatic N) is 1. The smallest absolute Gasteiger partial charge is 0.406 e. The number of hydrogen-bond donors (Lipinski definition) is 2. The van der Waals surface area contributed by atoms with E-state index in [1.165, 1.54) is 12.1 Å². The Balaban J connectivity index is 0.00000338. The van der Waals surface area contributed by atoms with Crippen molar-refractivity contribution >= 4 is 18.3 Å². The molecule has 1 aromatic carbocycles. The Bertz CT molecular complexity index is 555. The fourth-order valence-corrected chi connectivity index (χ4v) is 2.98. The number of amides is 1. The zero-order valence-corrected chi connectivity index (χ0v) is 15.2. The third kappa shape index (κ3) is 7.80. The Kier molecular flexibility index (Phi) is 9.18. The lowest BCUT2D eigenvalue weighted by Gasteiger charge is -2.36. The van der Waals surface area contributed by atoms with Gasteiger partial charge in [-0.2, -0.15) is 0 Å². The highest BCUT2D eigenvalue weighted by atomic mass is 35.5. The Morgan fingerprint density at radius 3 is 2.58 bits per heavy atom. The van der Waals surface area contributed by atoms with Crippen LogP contribution in [0.4, 0.5) is 13.2 Å². The molecule has 1 atom stereocenters. The summed E-state index contributed by atoms with van der Waals surface area (Å²) in [5.74, 6) is -0.276. The van der Waals surface area contributed by atoms with Gasteiger partial charge in [-0.15, -0.1) is 25.6 Å². The number of nitrogens with one attached hydrogen (secondary N) is 1. The topological polar surface area (TPSA) is 67.6 Å². The highest BCUT2D eigenvalue weighted by molar-refractivity contribution is 5.85. The fourth-order valence-electron chi connectivity index (χ4n) is 2.98. The van der Waals surface area contributed by atoms with Crippen LogP contribution in [0, 0.1) is 0 Å². The van der Waals surface area contributed by atoms with Crippen molar-refractivity contribution in [2.45, 2.75) is 44.6 Å². The van der Waals surface area contributed by atoms with Crippen LogP contribution < -0.4 is 15.8 Å². The van der Waals surface area contributed by atoms with Crippen LogP contribution >= 0.6 is 12.4 Å². The van der Waals surface area contributed by atoms with Gasteiger partial charge in [-0.05, 0) is 37.1 Å². The number of benzene rings is 1. The van der Waals surface area contributed by atoms with Crippen molar-refractivity contribution in [3.05, 3.63) is 29.8 Å². The van der Waals surface area contributed by atoms with E-state index in [4.69, 9.17) is 5.73 Å². The SMILES string of the molecule is Cl.NCCC(=O)NCC1CCCCN1Cc1ccc(OC(F)(F)F)cc1. The molecule has 2 rings (SSSR count). The maximum absolute atomic E-state index is 12.2. The molecule has 1 amide bonds. The second kappa shape index (κ2) is 10.6. The second-order valence-electron chi connectivity index (χ2n) is 6.15. The van der Waals surface area contributed by atoms with Gasteiger partial charge in [0.1, 0.15) is 5.75 Å². The third-order valence-corrected chi connectivity index (χ3v) is 4.20. The first-order chi connectivity index (χ1) is 11.9. The maximum atomic E-state index is 12.2. The summed E-state index contributed by atoms with van der Waals surface area (Å²) in [6, 6.07) is 6.15. The van der Waals surface area contributed by atoms with Crippen LogP contribution in [-0.2, 0) is 11.3 Å². The molecule has 0 bridgehead atoms. The molecule has 0 saturated carbocycles. The molecule has 1 fully saturated rings. The first-order valence-corrected chi connectivity index (χ1v) is 8.43. The minimum Gasteiger partial charge on any atom is -0.406 e. The molecule has 3 N–H and O–H groups in total. The third-order valence-electron chi connectivity index (χ3n) is 4.20.